The highest BCUT2D eigenvalue weighted by atomic mass is 15.3. The van der Waals surface area contributed by atoms with E-state index in [0.717, 1.165) is 38.5 Å². The first-order chi connectivity index (χ1) is 10.2. The van der Waals surface area contributed by atoms with E-state index in [2.05, 4.69) is 59.9 Å². The van der Waals surface area contributed by atoms with E-state index in [9.17, 15) is 0 Å². The van der Waals surface area contributed by atoms with Crippen molar-refractivity contribution in [2.75, 3.05) is 37.6 Å². The summed E-state index contributed by atoms with van der Waals surface area (Å²) in [6.45, 7) is 14.4. The molecule has 1 aromatic rings. The van der Waals surface area contributed by atoms with Gasteiger partial charge in [-0.25, -0.2) is 4.98 Å². The third-order valence-corrected chi connectivity index (χ3v) is 4.63. The van der Waals surface area contributed by atoms with Gasteiger partial charge in [0.05, 0.1) is 0 Å². The van der Waals surface area contributed by atoms with Gasteiger partial charge in [0.15, 0.2) is 0 Å². The van der Waals surface area contributed by atoms with Gasteiger partial charge in [-0.2, -0.15) is 0 Å². The monoisotopic (exact) mass is 290 g/mol. The lowest BCUT2D eigenvalue weighted by molar-refractivity contribution is 0.192. The first-order valence-corrected chi connectivity index (χ1v) is 8.34. The Labute approximate surface area is 129 Å². The molecule has 0 bridgehead atoms. The summed E-state index contributed by atoms with van der Waals surface area (Å²) in [6, 6.07) is 5.45. The summed E-state index contributed by atoms with van der Waals surface area (Å²) in [7, 11) is 0. The van der Waals surface area contributed by atoms with Gasteiger partial charge in [0, 0.05) is 44.5 Å². The van der Waals surface area contributed by atoms with Crippen molar-refractivity contribution in [3.05, 3.63) is 23.9 Å². The maximum absolute atomic E-state index is 4.66. The van der Waals surface area contributed by atoms with Crippen LogP contribution < -0.4 is 10.2 Å². The molecule has 2 rings (SSSR count). The fourth-order valence-electron chi connectivity index (χ4n) is 2.91. The minimum Gasteiger partial charge on any atom is -0.354 e. The van der Waals surface area contributed by atoms with E-state index in [1.165, 1.54) is 12.0 Å². The Morgan fingerprint density at radius 1 is 1.14 bits per heavy atom. The summed E-state index contributed by atoms with van der Waals surface area (Å²) in [4.78, 5) is 9.65. The topological polar surface area (TPSA) is 31.4 Å². The lowest BCUT2D eigenvalue weighted by atomic mass is 10.1. The first-order valence-electron chi connectivity index (χ1n) is 8.34. The Balaban J connectivity index is 1.92. The van der Waals surface area contributed by atoms with Crippen LogP contribution in [0.3, 0.4) is 0 Å². The number of rotatable bonds is 6. The van der Waals surface area contributed by atoms with Crippen LogP contribution in [0.4, 0.5) is 5.82 Å². The van der Waals surface area contributed by atoms with Crippen molar-refractivity contribution >= 4 is 5.82 Å². The molecule has 0 radical (unpaired) electrons. The number of pyridine rings is 1. The number of nitrogens with one attached hydrogen (secondary N) is 1. The van der Waals surface area contributed by atoms with Crippen molar-refractivity contribution < 1.29 is 0 Å². The Morgan fingerprint density at radius 2 is 1.86 bits per heavy atom. The molecule has 118 valence electrons. The van der Waals surface area contributed by atoms with Crippen LogP contribution in [0.1, 0.15) is 45.7 Å². The van der Waals surface area contributed by atoms with Crippen LogP contribution in [-0.2, 0) is 0 Å². The summed E-state index contributed by atoms with van der Waals surface area (Å²) in [6.07, 6.45) is 3.25. The van der Waals surface area contributed by atoms with Crippen molar-refractivity contribution in [3.8, 4) is 0 Å². The molecule has 0 spiro atoms. The lowest BCUT2D eigenvalue weighted by Gasteiger charge is -2.38. The average Bonchev–Trinajstić information content (AvgIpc) is 2.54. The zero-order chi connectivity index (χ0) is 15.2. The molecule has 0 saturated carbocycles. The molecule has 1 aliphatic rings. The van der Waals surface area contributed by atoms with Gasteiger partial charge in [0.1, 0.15) is 5.82 Å². The van der Waals surface area contributed by atoms with Gasteiger partial charge in [-0.15, -0.1) is 0 Å². The zero-order valence-electron chi connectivity index (χ0n) is 14.0. The number of nitrogens with zero attached hydrogens (tertiary/aromatic N) is 3. The molecule has 1 aromatic heterocycles. The van der Waals surface area contributed by atoms with Gasteiger partial charge in [-0.05, 0) is 38.4 Å². The van der Waals surface area contributed by atoms with Crippen molar-refractivity contribution in [1.29, 1.82) is 0 Å². The Bertz CT molecular complexity index is 409. The molecule has 1 fully saturated rings. The van der Waals surface area contributed by atoms with Crippen LogP contribution in [0.5, 0.6) is 0 Å². The van der Waals surface area contributed by atoms with Gasteiger partial charge in [0.25, 0.3) is 0 Å². The fourth-order valence-corrected chi connectivity index (χ4v) is 2.91. The number of hydrogen-bond acceptors (Lipinski definition) is 4. The minimum atomic E-state index is 0.374. The van der Waals surface area contributed by atoms with Crippen LogP contribution in [0.2, 0.25) is 0 Å². The van der Waals surface area contributed by atoms with E-state index in [0.29, 0.717) is 12.1 Å². The lowest BCUT2D eigenvalue weighted by Crippen LogP contribution is -2.49. The molecular weight excluding hydrogens is 260 g/mol. The molecule has 2 unspecified atom stereocenters. The van der Waals surface area contributed by atoms with E-state index in [4.69, 9.17) is 0 Å². The molecule has 21 heavy (non-hydrogen) atoms. The Kier molecular flexibility index (Phi) is 6.00. The highest BCUT2D eigenvalue weighted by molar-refractivity contribution is 5.40. The summed E-state index contributed by atoms with van der Waals surface area (Å²) in [5.41, 5.74) is 1.26. The predicted molar refractivity (Wildman–Crippen MR) is 89.9 cm³/mol. The minimum absolute atomic E-state index is 0.374. The third kappa shape index (κ3) is 4.17. The van der Waals surface area contributed by atoms with Crippen LogP contribution in [0.15, 0.2) is 18.3 Å². The summed E-state index contributed by atoms with van der Waals surface area (Å²) in [5, 5.41) is 3.43. The van der Waals surface area contributed by atoms with Gasteiger partial charge >= 0.3 is 0 Å². The van der Waals surface area contributed by atoms with Crippen LogP contribution in [-0.4, -0.2) is 48.6 Å². The molecule has 2 atom stereocenters. The predicted octanol–water partition coefficient (Wildman–Crippen LogP) is 2.67. The Morgan fingerprint density at radius 3 is 2.38 bits per heavy atom. The van der Waals surface area contributed by atoms with Crippen molar-refractivity contribution in [1.82, 2.24) is 15.2 Å². The van der Waals surface area contributed by atoms with Crippen LogP contribution in [0.25, 0.3) is 0 Å². The van der Waals surface area contributed by atoms with Gasteiger partial charge in [0.2, 0.25) is 0 Å². The van der Waals surface area contributed by atoms with Gasteiger partial charge in [-0.3, -0.25) is 4.90 Å². The second kappa shape index (κ2) is 7.76. The van der Waals surface area contributed by atoms with Crippen LogP contribution >= 0.6 is 0 Å². The first kappa shape index (κ1) is 16.2. The number of piperazine rings is 1. The molecular formula is C17H30N4. The number of hydrogen-bond donors (Lipinski definition) is 1. The van der Waals surface area contributed by atoms with E-state index < -0.39 is 0 Å². The summed E-state index contributed by atoms with van der Waals surface area (Å²) < 4.78 is 0. The van der Waals surface area contributed by atoms with E-state index in [-0.39, 0.29) is 0 Å². The highest BCUT2D eigenvalue weighted by Crippen LogP contribution is 2.18. The largest absolute Gasteiger partial charge is 0.354 e. The molecule has 4 heteroatoms. The molecule has 1 aliphatic heterocycles. The number of aromatic nitrogens is 1. The Hall–Kier alpha value is -1.13. The molecule has 1 N–H and O–H groups in total. The molecule has 0 aliphatic carbocycles. The average molecular weight is 290 g/mol. The number of anilines is 1. The van der Waals surface area contributed by atoms with Gasteiger partial charge in [-0.1, -0.05) is 19.9 Å². The van der Waals surface area contributed by atoms with E-state index >= 15 is 0 Å². The van der Waals surface area contributed by atoms with Gasteiger partial charge < -0.3 is 10.2 Å². The molecule has 0 aromatic carbocycles. The van der Waals surface area contributed by atoms with Crippen molar-refractivity contribution in [2.45, 2.75) is 46.2 Å². The summed E-state index contributed by atoms with van der Waals surface area (Å²) in [5.74, 6) is 1.12. The molecule has 4 nitrogen and oxygen atoms in total. The SMILES string of the molecule is CCNC(C)c1ccc(N2CCN(C(C)CC)CC2)nc1. The quantitative estimate of drug-likeness (QED) is 0.873. The highest BCUT2D eigenvalue weighted by Gasteiger charge is 2.20. The van der Waals surface area contributed by atoms with Crippen LogP contribution in [0, 0.1) is 0 Å². The van der Waals surface area contributed by atoms with Crippen molar-refractivity contribution in [2.24, 2.45) is 0 Å². The fraction of sp³-hybridized carbons (Fsp3) is 0.706. The molecule has 0 amide bonds. The maximum Gasteiger partial charge on any atom is 0.128 e. The second-order valence-electron chi connectivity index (χ2n) is 6.01. The maximum atomic E-state index is 4.66. The zero-order valence-corrected chi connectivity index (χ0v) is 14.0. The third-order valence-electron chi connectivity index (χ3n) is 4.63. The van der Waals surface area contributed by atoms with E-state index in [1.807, 2.05) is 6.20 Å². The van der Waals surface area contributed by atoms with Crippen molar-refractivity contribution in [3.63, 3.8) is 0 Å². The molecule has 1 saturated heterocycles. The standard InChI is InChI=1S/C17H30N4/c1-5-14(3)20-9-11-21(12-10-20)17-8-7-16(13-19-17)15(4)18-6-2/h7-8,13-15,18H,5-6,9-12H2,1-4H3. The smallest absolute Gasteiger partial charge is 0.128 e. The normalized spacial score (nSPS) is 19.5. The van der Waals surface area contributed by atoms with E-state index in [1.54, 1.807) is 0 Å². The summed E-state index contributed by atoms with van der Waals surface area (Å²) >= 11 is 0. The second-order valence-corrected chi connectivity index (χ2v) is 6.01. The molecule has 2 heterocycles.